The molecule has 0 aliphatic carbocycles. The van der Waals surface area contributed by atoms with Gasteiger partial charge in [-0.05, 0) is 18.2 Å². The van der Waals surface area contributed by atoms with Crippen LogP contribution in [-0.4, -0.2) is 61.5 Å². The molecule has 1 saturated heterocycles. The zero-order chi connectivity index (χ0) is 15.4. The summed E-state index contributed by atoms with van der Waals surface area (Å²) in [5.41, 5.74) is 12.9. The summed E-state index contributed by atoms with van der Waals surface area (Å²) in [6.07, 6.45) is 0. The lowest BCUT2D eigenvalue weighted by Gasteiger charge is -2.34. The molecule has 1 aromatic carbocycles. The summed E-state index contributed by atoms with van der Waals surface area (Å²) in [6.45, 7) is 2.63. The van der Waals surface area contributed by atoms with Crippen molar-refractivity contribution in [2.24, 2.45) is 0 Å². The molecular formula is C14H20N4O3. The molecule has 21 heavy (non-hydrogen) atoms. The third-order valence-electron chi connectivity index (χ3n) is 3.55. The van der Waals surface area contributed by atoms with Crippen LogP contribution in [0.3, 0.4) is 0 Å². The molecule has 0 spiro atoms. The first-order chi connectivity index (χ1) is 10.0. The first kappa shape index (κ1) is 15.1. The molecular weight excluding hydrogens is 272 g/mol. The van der Waals surface area contributed by atoms with Crippen molar-refractivity contribution in [3.63, 3.8) is 0 Å². The Morgan fingerprint density at radius 1 is 1.19 bits per heavy atom. The number of nitrogens with zero attached hydrogens (tertiary/aromatic N) is 2. The molecule has 1 aromatic rings. The van der Waals surface area contributed by atoms with Crippen LogP contribution in [0, 0.1) is 0 Å². The number of ether oxygens (including phenoxy) is 1. The zero-order valence-electron chi connectivity index (χ0n) is 12.0. The van der Waals surface area contributed by atoms with E-state index in [1.165, 1.54) is 7.11 Å². The fourth-order valence-corrected chi connectivity index (χ4v) is 2.30. The maximum atomic E-state index is 12.4. The summed E-state index contributed by atoms with van der Waals surface area (Å²) in [6, 6.07) is 4.89. The molecule has 1 fully saturated rings. The summed E-state index contributed by atoms with van der Waals surface area (Å²) in [5, 5.41) is 0. The number of carbonyl (C=O) groups is 2. The van der Waals surface area contributed by atoms with Crippen LogP contribution in [0.25, 0.3) is 0 Å². The topological polar surface area (TPSA) is 102 Å². The Morgan fingerprint density at radius 3 is 2.43 bits per heavy atom. The number of methoxy groups -OCH3 is 1. The fourth-order valence-electron chi connectivity index (χ4n) is 2.30. The Kier molecular flexibility index (Phi) is 4.64. The molecule has 0 aromatic heterocycles. The third-order valence-corrected chi connectivity index (χ3v) is 3.55. The van der Waals surface area contributed by atoms with Gasteiger partial charge in [0.2, 0.25) is 0 Å². The van der Waals surface area contributed by atoms with Crippen LogP contribution in [0.4, 0.5) is 11.4 Å². The number of nitrogens with two attached hydrogens (primary N) is 2. The molecule has 114 valence electrons. The van der Waals surface area contributed by atoms with E-state index in [4.69, 9.17) is 11.5 Å². The minimum absolute atomic E-state index is 0.106. The number of hydrogen-bond acceptors (Lipinski definition) is 6. The van der Waals surface area contributed by atoms with Gasteiger partial charge in [-0.2, -0.15) is 0 Å². The molecule has 1 aliphatic heterocycles. The van der Waals surface area contributed by atoms with Gasteiger partial charge < -0.3 is 21.1 Å². The Balaban J connectivity index is 1.95. The van der Waals surface area contributed by atoms with Gasteiger partial charge in [0, 0.05) is 37.6 Å². The SMILES string of the molecule is COC(=O)CN1CCN(C(=O)c2ccc(N)cc2N)CC1. The van der Waals surface area contributed by atoms with E-state index in [-0.39, 0.29) is 18.4 Å². The van der Waals surface area contributed by atoms with Crippen LogP contribution in [0.2, 0.25) is 0 Å². The molecule has 0 bridgehead atoms. The number of piperazine rings is 1. The molecule has 7 nitrogen and oxygen atoms in total. The zero-order valence-corrected chi connectivity index (χ0v) is 12.0. The third kappa shape index (κ3) is 3.63. The molecule has 0 radical (unpaired) electrons. The number of hydrogen-bond donors (Lipinski definition) is 2. The van der Waals surface area contributed by atoms with Crippen molar-refractivity contribution in [3.8, 4) is 0 Å². The molecule has 1 heterocycles. The minimum atomic E-state index is -0.266. The summed E-state index contributed by atoms with van der Waals surface area (Å²) in [5.74, 6) is -0.372. The quantitative estimate of drug-likeness (QED) is 0.590. The number of carbonyl (C=O) groups excluding carboxylic acids is 2. The predicted octanol–water partition coefficient (Wildman–Crippen LogP) is -0.218. The lowest BCUT2D eigenvalue weighted by molar-refractivity contribution is -0.142. The Hall–Kier alpha value is -2.28. The smallest absolute Gasteiger partial charge is 0.319 e. The van der Waals surface area contributed by atoms with Gasteiger partial charge >= 0.3 is 5.97 Å². The van der Waals surface area contributed by atoms with Crippen molar-refractivity contribution < 1.29 is 14.3 Å². The fraction of sp³-hybridized carbons (Fsp3) is 0.429. The van der Waals surface area contributed by atoms with Crippen LogP contribution in [-0.2, 0) is 9.53 Å². The van der Waals surface area contributed by atoms with Crippen LogP contribution >= 0.6 is 0 Å². The second-order valence-corrected chi connectivity index (χ2v) is 4.99. The minimum Gasteiger partial charge on any atom is -0.468 e. The van der Waals surface area contributed by atoms with Crippen LogP contribution in [0.5, 0.6) is 0 Å². The van der Waals surface area contributed by atoms with Gasteiger partial charge in [-0.3, -0.25) is 14.5 Å². The van der Waals surface area contributed by atoms with E-state index in [2.05, 4.69) is 4.74 Å². The van der Waals surface area contributed by atoms with E-state index < -0.39 is 0 Å². The van der Waals surface area contributed by atoms with Gasteiger partial charge in [-0.25, -0.2) is 0 Å². The summed E-state index contributed by atoms with van der Waals surface area (Å²) >= 11 is 0. The van der Waals surface area contributed by atoms with Crippen molar-refractivity contribution in [2.45, 2.75) is 0 Å². The average molecular weight is 292 g/mol. The molecule has 7 heteroatoms. The number of rotatable bonds is 3. The average Bonchev–Trinajstić information content (AvgIpc) is 2.47. The number of anilines is 2. The largest absolute Gasteiger partial charge is 0.468 e. The van der Waals surface area contributed by atoms with Gasteiger partial charge in [0.15, 0.2) is 0 Å². The van der Waals surface area contributed by atoms with Gasteiger partial charge in [0.1, 0.15) is 0 Å². The van der Waals surface area contributed by atoms with Gasteiger partial charge in [0.05, 0.1) is 19.2 Å². The Labute approximate surface area is 123 Å². The van der Waals surface area contributed by atoms with Gasteiger partial charge in [-0.15, -0.1) is 0 Å². The van der Waals surface area contributed by atoms with Crippen LogP contribution in [0.15, 0.2) is 18.2 Å². The molecule has 0 unspecified atom stereocenters. The van der Waals surface area contributed by atoms with E-state index in [1.807, 2.05) is 4.90 Å². The standard InChI is InChI=1S/C14H20N4O3/c1-21-13(19)9-17-4-6-18(7-5-17)14(20)11-3-2-10(15)8-12(11)16/h2-3,8H,4-7,9,15-16H2,1H3. The monoisotopic (exact) mass is 292 g/mol. The second-order valence-electron chi connectivity index (χ2n) is 4.99. The number of amides is 1. The highest BCUT2D eigenvalue weighted by atomic mass is 16.5. The highest BCUT2D eigenvalue weighted by molar-refractivity contribution is 5.99. The van der Waals surface area contributed by atoms with Crippen molar-refractivity contribution in [2.75, 3.05) is 51.3 Å². The van der Waals surface area contributed by atoms with Crippen LogP contribution in [0.1, 0.15) is 10.4 Å². The van der Waals surface area contributed by atoms with E-state index in [9.17, 15) is 9.59 Å². The summed E-state index contributed by atoms with van der Waals surface area (Å²) < 4.78 is 4.63. The first-order valence-electron chi connectivity index (χ1n) is 6.74. The maximum Gasteiger partial charge on any atom is 0.319 e. The van der Waals surface area contributed by atoms with Crippen molar-refractivity contribution >= 4 is 23.3 Å². The van der Waals surface area contributed by atoms with Crippen molar-refractivity contribution in [3.05, 3.63) is 23.8 Å². The molecule has 0 atom stereocenters. The van der Waals surface area contributed by atoms with E-state index in [1.54, 1.807) is 23.1 Å². The van der Waals surface area contributed by atoms with E-state index >= 15 is 0 Å². The lowest BCUT2D eigenvalue weighted by Crippen LogP contribution is -2.50. The Bertz CT molecular complexity index is 539. The van der Waals surface area contributed by atoms with Crippen LogP contribution < -0.4 is 11.5 Å². The molecule has 2 rings (SSSR count). The van der Waals surface area contributed by atoms with E-state index in [0.717, 1.165) is 0 Å². The first-order valence-corrected chi connectivity index (χ1v) is 6.74. The maximum absolute atomic E-state index is 12.4. The lowest BCUT2D eigenvalue weighted by atomic mass is 10.1. The molecule has 1 aliphatic rings. The summed E-state index contributed by atoms with van der Waals surface area (Å²) in [7, 11) is 1.37. The molecule has 4 N–H and O–H groups in total. The van der Waals surface area contributed by atoms with Crippen molar-refractivity contribution in [1.82, 2.24) is 9.80 Å². The highest BCUT2D eigenvalue weighted by Crippen LogP contribution is 2.18. The van der Waals surface area contributed by atoms with Crippen molar-refractivity contribution in [1.29, 1.82) is 0 Å². The van der Waals surface area contributed by atoms with Gasteiger partial charge in [0.25, 0.3) is 5.91 Å². The number of nitrogen functional groups attached to an aromatic ring is 2. The second kappa shape index (κ2) is 6.45. The van der Waals surface area contributed by atoms with E-state index in [0.29, 0.717) is 43.1 Å². The molecule has 1 amide bonds. The van der Waals surface area contributed by atoms with Gasteiger partial charge in [-0.1, -0.05) is 0 Å². The number of esters is 1. The Morgan fingerprint density at radius 2 is 1.86 bits per heavy atom. The normalized spacial score (nSPS) is 15.8. The summed E-state index contributed by atoms with van der Waals surface area (Å²) in [4.78, 5) is 27.3. The highest BCUT2D eigenvalue weighted by Gasteiger charge is 2.24. The number of benzene rings is 1. The molecule has 0 saturated carbocycles. The predicted molar refractivity (Wildman–Crippen MR) is 79.6 cm³/mol.